The highest BCUT2D eigenvalue weighted by Gasteiger charge is 2.44. The molecule has 1 atom stereocenters. The molecule has 13 heavy (non-hydrogen) atoms. The van der Waals surface area contributed by atoms with Crippen LogP contribution in [0.3, 0.4) is 0 Å². The van der Waals surface area contributed by atoms with Gasteiger partial charge >= 0.3 is 13.0 Å². The van der Waals surface area contributed by atoms with Gasteiger partial charge in [-0.1, -0.05) is 13.1 Å². The van der Waals surface area contributed by atoms with E-state index in [1.165, 1.54) is 0 Å². The van der Waals surface area contributed by atoms with Crippen LogP contribution in [-0.4, -0.2) is 48.2 Å². The first-order valence-corrected chi connectivity index (χ1v) is 7.91. The molecule has 0 saturated carbocycles. The van der Waals surface area contributed by atoms with Crippen LogP contribution in [0.4, 0.5) is 0 Å². The lowest BCUT2D eigenvalue weighted by Gasteiger charge is -2.22. The summed E-state index contributed by atoms with van der Waals surface area (Å²) >= 11 is 0. The summed E-state index contributed by atoms with van der Waals surface area (Å²) in [6.07, 6.45) is 0.779. The average Bonchev–Trinajstić information content (AvgIpc) is 2.26. The fourth-order valence-corrected chi connectivity index (χ4v) is 4.99. The summed E-state index contributed by atoms with van der Waals surface area (Å²) < 4.78 is 0. The molecule has 1 heterocycles. The first-order chi connectivity index (χ1) is 5.83. The topological polar surface area (TPSA) is 60.8 Å². The van der Waals surface area contributed by atoms with Gasteiger partial charge in [0.1, 0.15) is 0 Å². The second kappa shape index (κ2) is 3.43. The minimum Gasteiger partial charge on any atom is -0.480 e. The Morgan fingerprint density at radius 2 is 2.15 bits per heavy atom. The van der Waals surface area contributed by atoms with Gasteiger partial charge in [0.25, 0.3) is 0 Å². The van der Waals surface area contributed by atoms with Crippen LogP contribution >= 0.6 is 0 Å². The van der Waals surface area contributed by atoms with Crippen LogP contribution in [0.25, 0.3) is 0 Å². The van der Waals surface area contributed by atoms with Crippen molar-refractivity contribution >= 4 is 21.1 Å². The third-order valence-corrected chi connectivity index (χ3v) is 5.23. The summed E-state index contributed by atoms with van der Waals surface area (Å²) in [5.41, 5.74) is 0. The van der Waals surface area contributed by atoms with Crippen LogP contribution in [0, 0.1) is 0 Å². The molecule has 0 bridgehead atoms. The SMILES string of the molecule is CB(O)N1C[Si](C)(C)C[C@H]1C(=O)O. The maximum atomic E-state index is 10.9. The quantitative estimate of drug-likeness (QED) is 0.622. The Bertz CT molecular complexity index is 222. The van der Waals surface area contributed by atoms with Gasteiger partial charge in [-0.25, -0.2) is 0 Å². The highest BCUT2D eigenvalue weighted by atomic mass is 28.3. The van der Waals surface area contributed by atoms with Crippen LogP contribution in [0.15, 0.2) is 0 Å². The van der Waals surface area contributed by atoms with Crippen LogP contribution in [0.5, 0.6) is 0 Å². The zero-order valence-corrected chi connectivity index (χ0v) is 9.32. The van der Waals surface area contributed by atoms with Crippen molar-refractivity contribution in [2.75, 3.05) is 6.17 Å². The van der Waals surface area contributed by atoms with Gasteiger partial charge in [-0.15, -0.1) is 0 Å². The summed E-state index contributed by atoms with van der Waals surface area (Å²) in [4.78, 5) is 12.6. The van der Waals surface area contributed by atoms with Gasteiger partial charge in [-0.3, -0.25) is 4.79 Å². The smallest absolute Gasteiger partial charge is 0.376 e. The van der Waals surface area contributed by atoms with Gasteiger partial charge in [0.15, 0.2) is 0 Å². The van der Waals surface area contributed by atoms with Crippen molar-refractivity contribution in [2.45, 2.75) is 32.0 Å². The summed E-state index contributed by atoms with van der Waals surface area (Å²) in [5, 5.41) is 18.3. The molecule has 0 spiro atoms. The minimum absolute atomic E-state index is 0.471. The molecule has 2 N–H and O–H groups in total. The van der Waals surface area contributed by atoms with Crippen molar-refractivity contribution in [2.24, 2.45) is 0 Å². The third-order valence-electron chi connectivity index (χ3n) is 2.52. The fourth-order valence-electron chi connectivity index (χ4n) is 1.93. The van der Waals surface area contributed by atoms with Crippen molar-refractivity contribution in [3.05, 3.63) is 0 Å². The van der Waals surface area contributed by atoms with Crippen molar-refractivity contribution in [3.8, 4) is 0 Å². The average molecular weight is 201 g/mol. The van der Waals surface area contributed by atoms with Gasteiger partial charge in [-0.2, -0.15) is 0 Å². The predicted octanol–water partition coefficient (Wildman–Crippen LogP) is 0.113. The van der Waals surface area contributed by atoms with E-state index in [-0.39, 0.29) is 0 Å². The number of hydrogen-bond acceptors (Lipinski definition) is 3. The second-order valence-electron chi connectivity index (χ2n) is 4.53. The van der Waals surface area contributed by atoms with E-state index in [9.17, 15) is 9.82 Å². The number of aliphatic carboxylic acids is 1. The van der Waals surface area contributed by atoms with Crippen LogP contribution < -0.4 is 0 Å². The Hall–Kier alpha value is -0.328. The third kappa shape index (κ3) is 2.32. The fraction of sp³-hybridized carbons (Fsp3) is 0.857. The van der Waals surface area contributed by atoms with Gasteiger partial charge in [-0.05, 0) is 19.0 Å². The number of carbonyl (C=O) groups is 1. The molecule has 0 unspecified atom stereocenters. The minimum atomic E-state index is -1.41. The van der Waals surface area contributed by atoms with E-state index in [2.05, 4.69) is 13.1 Å². The van der Waals surface area contributed by atoms with Crippen molar-refractivity contribution in [1.29, 1.82) is 0 Å². The first kappa shape index (κ1) is 10.8. The Morgan fingerprint density at radius 1 is 1.62 bits per heavy atom. The Balaban J connectivity index is 2.77. The standard InChI is InChI=1S/C7H16BNO3Si/c1-8(12)9-5-13(2,3)4-6(9)7(10)11/h6,12H,4-5H2,1-3H3,(H,10,11)/t6-/m0/s1. The molecule has 1 saturated heterocycles. The van der Waals surface area contributed by atoms with E-state index >= 15 is 0 Å². The summed E-state index contributed by atoms with van der Waals surface area (Å²) in [7, 11) is -2.05. The molecule has 0 radical (unpaired) electrons. The summed E-state index contributed by atoms with van der Waals surface area (Å²) in [5.74, 6) is -0.807. The molecule has 1 fully saturated rings. The number of nitrogens with zero attached hydrogens (tertiary/aromatic N) is 1. The number of hydrogen-bond donors (Lipinski definition) is 2. The highest BCUT2D eigenvalue weighted by molar-refractivity contribution is 6.79. The largest absolute Gasteiger partial charge is 0.480 e. The molecule has 0 aromatic carbocycles. The Kier molecular flexibility index (Phi) is 2.84. The normalized spacial score (nSPS) is 27.5. The molecule has 0 aromatic rings. The molecular weight excluding hydrogens is 185 g/mol. The van der Waals surface area contributed by atoms with Crippen molar-refractivity contribution < 1.29 is 14.9 Å². The van der Waals surface area contributed by atoms with Crippen molar-refractivity contribution in [3.63, 3.8) is 0 Å². The molecular formula is C7H16BNO3Si. The van der Waals surface area contributed by atoms with Gasteiger partial charge in [0.2, 0.25) is 0 Å². The van der Waals surface area contributed by atoms with Crippen molar-refractivity contribution in [1.82, 2.24) is 4.81 Å². The zero-order valence-electron chi connectivity index (χ0n) is 8.32. The van der Waals surface area contributed by atoms with E-state index < -0.39 is 27.1 Å². The van der Waals surface area contributed by atoms with Gasteiger partial charge < -0.3 is 14.9 Å². The van der Waals surface area contributed by atoms with E-state index in [1.807, 2.05) is 0 Å². The lowest BCUT2D eigenvalue weighted by molar-refractivity contribution is -0.140. The van der Waals surface area contributed by atoms with Gasteiger partial charge in [0, 0.05) is 0 Å². The number of carboxylic acids is 1. The summed E-state index contributed by atoms with van der Waals surface area (Å²) in [6.45, 7) is 5.95. The zero-order chi connectivity index (χ0) is 10.2. The molecule has 1 aliphatic rings. The van der Waals surface area contributed by atoms with Crippen LogP contribution in [-0.2, 0) is 4.79 Å². The molecule has 1 aliphatic heterocycles. The molecule has 0 amide bonds. The Morgan fingerprint density at radius 3 is 2.46 bits per heavy atom. The second-order valence-corrected chi connectivity index (χ2v) is 9.58. The van der Waals surface area contributed by atoms with E-state index in [0.717, 1.165) is 12.2 Å². The van der Waals surface area contributed by atoms with Crippen LogP contribution in [0.2, 0.25) is 26.0 Å². The first-order valence-electron chi connectivity index (χ1n) is 4.50. The molecule has 6 heteroatoms. The lowest BCUT2D eigenvalue weighted by atomic mass is 9.84. The molecule has 0 aliphatic carbocycles. The van der Waals surface area contributed by atoms with E-state index in [4.69, 9.17) is 5.11 Å². The lowest BCUT2D eigenvalue weighted by Crippen LogP contribution is -2.45. The maximum Gasteiger partial charge on any atom is 0.376 e. The van der Waals surface area contributed by atoms with Crippen LogP contribution in [0.1, 0.15) is 0 Å². The monoisotopic (exact) mass is 201 g/mol. The van der Waals surface area contributed by atoms with Gasteiger partial charge in [0.05, 0.1) is 14.1 Å². The molecule has 0 aromatic heterocycles. The molecule has 4 nitrogen and oxygen atoms in total. The van der Waals surface area contributed by atoms with E-state index in [1.54, 1.807) is 11.6 Å². The summed E-state index contributed by atoms with van der Waals surface area (Å²) in [6, 6.07) is 0.273. The number of carboxylic acid groups (broad SMARTS) is 1. The predicted molar refractivity (Wildman–Crippen MR) is 54.3 cm³/mol. The highest BCUT2D eigenvalue weighted by Crippen LogP contribution is 2.27. The number of rotatable bonds is 2. The Labute approximate surface area is 79.7 Å². The van der Waals surface area contributed by atoms with E-state index in [0.29, 0.717) is 0 Å². The molecule has 1 rings (SSSR count). The maximum absolute atomic E-state index is 10.9. The molecule has 74 valence electrons.